The number of aromatic nitrogens is 4. The molecule has 0 saturated carbocycles. The van der Waals surface area contributed by atoms with Crippen LogP contribution in [0.2, 0.25) is 0 Å². The highest BCUT2D eigenvalue weighted by Gasteiger charge is 2.24. The summed E-state index contributed by atoms with van der Waals surface area (Å²) in [5.74, 6) is -0.278. The Hall–Kier alpha value is -3.55. The van der Waals surface area contributed by atoms with Crippen molar-refractivity contribution in [3.63, 3.8) is 0 Å². The molecule has 0 aliphatic rings. The van der Waals surface area contributed by atoms with E-state index in [9.17, 15) is 9.59 Å². The molecular formula is C18H17N5O3. The number of esters is 1. The van der Waals surface area contributed by atoms with Gasteiger partial charge in [-0.25, -0.2) is 9.48 Å². The molecule has 0 aliphatic carbocycles. The summed E-state index contributed by atoms with van der Waals surface area (Å²) in [5.41, 5.74) is 1.59. The van der Waals surface area contributed by atoms with Crippen LogP contribution in [0.1, 0.15) is 18.5 Å². The third-order valence-corrected chi connectivity index (χ3v) is 3.62. The summed E-state index contributed by atoms with van der Waals surface area (Å²) in [7, 11) is 0. The Morgan fingerprint density at radius 2 is 1.85 bits per heavy atom. The minimum Gasteiger partial charge on any atom is -0.425 e. The molecule has 3 aromatic rings. The zero-order valence-corrected chi connectivity index (χ0v) is 14.1. The van der Waals surface area contributed by atoms with Crippen LogP contribution in [0.15, 0.2) is 60.9 Å². The highest BCUT2D eigenvalue weighted by Crippen LogP contribution is 2.20. The van der Waals surface area contributed by atoms with Gasteiger partial charge >= 0.3 is 5.97 Å². The van der Waals surface area contributed by atoms with Crippen LogP contribution in [0.3, 0.4) is 0 Å². The second-order valence-corrected chi connectivity index (χ2v) is 5.62. The lowest BCUT2D eigenvalue weighted by atomic mass is 10.1. The molecule has 1 heterocycles. The predicted molar refractivity (Wildman–Crippen MR) is 93.4 cm³/mol. The topological polar surface area (TPSA) is 99.0 Å². The Kier molecular flexibility index (Phi) is 5.33. The number of hydrogen-bond acceptors (Lipinski definition) is 6. The molecule has 1 unspecified atom stereocenters. The number of carbonyl (C=O) groups is 2. The van der Waals surface area contributed by atoms with E-state index in [2.05, 4.69) is 20.8 Å². The zero-order chi connectivity index (χ0) is 18.4. The number of ether oxygens (including phenoxy) is 1. The van der Waals surface area contributed by atoms with E-state index in [1.807, 2.05) is 30.3 Å². The van der Waals surface area contributed by atoms with Crippen LogP contribution in [0, 0.1) is 0 Å². The van der Waals surface area contributed by atoms with Crippen molar-refractivity contribution < 1.29 is 14.3 Å². The molecule has 26 heavy (non-hydrogen) atoms. The second kappa shape index (κ2) is 8.02. The van der Waals surface area contributed by atoms with Crippen LogP contribution < -0.4 is 10.1 Å². The molecule has 1 aromatic heterocycles. The lowest BCUT2D eigenvalue weighted by Crippen LogP contribution is -2.26. The highest BCUT2D eigenvalue weighted by molar-refractivity contribution is 5.88. The maximum Gasteiger partial charge on any atom is 0.336 e. The van der Waals surface area contributed by atoms with Crippen molar-refractivity contribution in [3.8, 4) is 5.75 Å². The SMILES string of the molecule is CC(=O)Nc1ccc(OC(=O)C(Cc2ccccc2)n2cnnn2)cc1. The molecule has 0 fully saturated rings. The van der Waals surface area contributed by atoms with Crippen LogP contribution >= 0.6 is 0 Å². The molecule has 1 atom stereocenters. The Balaban J connectivity index is 1.74. The number of nitrogens with zero attached hydrogens (tertiary/aromatic N) is 4. The van der Waals surface area contributed by atoms with Gasteiger partial charge in [-0.15, -0.1) is 5.10 Å². The van der Waals surface area contributed by atoms with Gasteiger partial charge in [0.25, 0.3) is 0 Å². The van der Waals surface area contributed by atoms with Crippen molar-refractivity contribution >= 4 is 17.6 Å². The third-order valence-electron chi connectivity index (χ3n) is 3.62. The number of nitrogens with one attached hydrogen (secondary N) is 1. The van der Waals surface area contributed by atoms with Crippen LogP contribution in [0.4, 0.5) is 5.69 Å². The predicted octanol–water partition coefficient (Wildman–Crippen LogP) is 2.02. The zero-order valence-electron chi connectivity index (χ0n) is 14.1. The van der Waals surface area contributed by atoms with Gasteiger partial charge in [0.15, 0.2) is 6.04 Å². The molecule has 3 rings (SSSR count). The molecule has 2 aromatic carbocycles. The van der Waals surface area contributed by atoms with E-state index in [4.69, 9.17) is 4.74 Å². The van der Waals surface area contributed by atoms with E-state index in [0.717, 1.165) is 5.56 Å². The first-order valence-electron chi connectivity index (χ1n) is 7.97. The highest BCUT2D eigenvalue weighted by atomic mass is 16.5. The summed E-state index contributed by atoms with van der Waals surface area (Å²) in [6.07, 6.45) is 1.78. The summed E-state index contributed by atoms with van der Waals surface area (Å²) in [6.45, 7) is 1.42. The van der Waals surface area contributed by atoms with E-state index in [-0.39, 0.29) is 5.91 Å². The Morgan fingerprint density at radius 3 is 2.46 bits per heavy atom. The number of rotatable bonds is 6. The summed E-state index contributed by atoms with van der Waals surface area (Å²) in [6, 6.07) is 15.4. The molecule has 0 saturated heterocycles. The molecule has 0 bridgehead atoms. The van der Waals surface area contributed by atoms with Gasteiger partial charge in [0.2, 0.25) is 5.91 Å². The number of benzene rings is 2. The molecule has 0 radical (unpaired) electrons. The van der Waals surface area contributed by atoms with Gasteiger partial charge in [-0.3, -0.25) is 4.79 Å². The molecule has 0 aliphatic heterocycles. The van der Waals surface area contributed by atoms with Crippen LogP contribution in [-0.4, -0.2) is 32.1 Å². The standard InChI is InChI=1S/C18H17N5O3/c1-13(24)20-15-7-9-16(10-8-15)26-18(25)17(23-12-19-21-22-23)11-14-5-3-2-4-6-14/h2-10,12,17H,11H2,1H3,(H,20,24). The molecular weight excluding hydrogens is 334 g/mol. The number of amides is 1. The minimum absolute atomic E-state index is 0.170. The van der Waals surface area contributed by atoms with Crippen LogP contribution in [0.5, 0.6) is 5.75 Å². The quantitative estimate of drug-likeness (QED) is 0.539. The molecule has 1 N–H and O–H groups in total. The van der Waals surface area contributed by atoms with Crippen LogP contribution in [0.25, 0.3) is 0 Å². The van der Waals surface area contributed by atoms with E-state index in [0.29, 0.717) is 17.9 Å². The van der Waals surface area contributed by atoms with Crippen molar-refractivity contribution in [2.45, 2.75) is 19.4 Å². The Labute approximate surface area is 149 Å². The van der Waals surface area contributed by atoms with Gasteiger partial charge in [-0.2, -0.15) is 0 Å². The van der Waals surface area contributed by atoms with Gasteiger partial charge in [0.1, 0.15) is 12.1 Å². The molecule has 1 amide bonds. The van der Waals surface area contributed by atoms with Gasteiger partial charge in [-0.1, -0.05) is 30.3 Å². The Bertz CT molecular complexity index is 864. The summed E-state index contributed by atoms with van der Waals surface area (Å²) in [5, 5.41) is 13.7. The minimum atomic E-state index is -0.692. The Morgan fingerprint density at radius 1 is 1.12 bits per heavy atom. The number of hydrogen-bond donors (Lipinski definition) is 1. The van der Waals surface area contributed by atoms with Crippen molar-refractivity contribution in [2.24, 2.45) is 0 Å². The molecule has 8 heteroatoms. The van der Waals surface area contributed by atoms with E-state index in [1.54, 1.807) is 24.3 Å². The average Bonchev–Trinajstić information content (AvgIpc) is 3.16. The largest absolute Gasteiger partial charge is 0.425 e. The fourth-order valence-corrected chi connectivity index (χ4v) is 2.43. The maximum atomic E-state index is 12.7. The first-order valence-corrected chi connectivity index (χ1v) is 7.97. The monoisotopic (exact) mass is 351 g/mol. The smallest absolute Gasteiger partial charge is 0.336 e. The maximum absolute atomic E-state index is 12.7. The second-order valence-electron chi connectivity index (χ2n) is 5.62. The third kappa shape index (κ3) is 4.50. The van der Waals surface area contributed by atoms with Gasteiger partial charge in [-0.05, 0) is 40.3 Å². The van der Waals surface area contributed by atoms with Gasteiger partial charge < -0.3 is 10.1 Å². The average molecular weight is 351 g/mol. The van der Waals surface area contributed by atoms with E-state index < -0.39 is 12.0 Å². The molecule has 132 valence electrons. The molecule has 0 spiro atoms. The van der Waals surface area contributed by atoms with Gasteiger partial charge in [0.05, 0.1) is 0 Å². The van der Waals surface area contributed by atoms with Crippen molar-refractivity contribution in [1.29, 1.82) is 0 Å². The first kappa shape index (κ1) is 17.3. The lowest BCUT2D eigenvalue weighted by Gasteiger charge is -2.15. The summed E-state index contributed by atoms with van der Waals surface area (Å²) >= 11 is 0. The lowest BCUT2D eigenvalue weighted by molar-refractivity contribution is -0.138. The van der Waals surface area contributed by atoms with Crippen molar-refractivity contribution in [2.75, 3.05) is 5.32 Å². The van der Waals surface area contributed by atoms with Crippen molar-refractivity contribution in [1.82, 2.24) is 20.2 Å². The molecule has 8 nitrogen and oxygen atoms in total. The number of anilines is 1. The fourth-order valence-electron chi connectivity index (χ4n) is 2.43. The first-order chi connectivity index (χ1) is 12.6. The fraction of sp³-hybridized carbons (Fsp3) is 0.167. The van der Waals surface area contributed by atoms with E-state index in [1.165, 1.54) is 17.9 Å². The summed E-state index contributed by atoms with van der Waals surface area (Å²) in [4.78, 5) is 23.7. The number of tetrazole rings is 1. The number of carbonyl (C=O) groups excluding carboxylic acids is 2. The van der Waals surface area contributed by atoms with Gasteiger partial charge in [0, 0.05) is 19.0 Å². The summed E-state index contributed by atoms with van der Waals surface area (Å²) < 4.78 is 6.84. The van der Waals surface area contributed by atoms with E-state index >= 15 is 0 Å². The van der Waals surface area contributed by atoms with Crippen molar-refractivity contribution in [3.05, 3.63) is 66.5 Å². The normalized spacial score (nSPS) is 11.6. The van der Waals surface area contributed by atoms with Crippen LogP contribution in [-0.2, 0) is 16.0 Å².